The average molecular weight is 322 g/mol. The number of halogens is 2. The number of nitrogens with two attached hydrogens (primary N) is 1. The van der Waals surface area contributed by atoms with E-state index in [1.54, 1.807) is 6.92 Å². The van der Waals surface area contributed by atoms with Gasteiger partial charge in [-0.1, -0.05) is 0 Å². The first-order valence-corrected chi connectivity index (χ1v) is 7.23. The minimum absolute atomic E-state index is 0.0364. The zero-order chi connectivity index (χ0) is 17.4. The first-order valence-electron chi connectivity index (χ1n) is 7.23. The molecule has 0 bridgehead atoms. The molecular formula is C17H20F2N2O2. The Labute approximate surface area is 133 Å². The summed E-state index contributed by atoms with van der Waals surface area (Å²) in [6, 6.07) is 5.55. The fourth-order valence-corrected chi connectivity index (χ4v) is 2.61. The van der Waals surface area contributed by atoms with Crippen molar-refractivity contribution in [3.05, 3.63) is 52.7 Å². The van der Waals surface area contributed by atoms with Gasteiger partial charge in [0.05, 0.1) is 11.3 Å². The van der Waals surface area contributed by atoms with Gasteiger partial charge in [0.1, 0.15) is 17.6 Å². The molecule has 0 amide bonds. The van der Waals surface area contributed by atoms with Gasteiger partial charge in [-0.3, -0.25) is 0 Å². The number of benzene rings is 1. The first kappa shape index (κ1) is 17.5. The fraction of sp³-hybridized carbons (Fsp3) is 0.353. The van der Waals surface area contributed by atoms with Gasteiger partial charge >= 0.3 is 0 Å². The van der Waals surface area contributed by atoms with Crippen LogP contribution >= 0.6 is 0 Å². The van der Waals surface area contributed by atoms with Crippen molar-refractivity contribution in [1.82, 2.24) is 4.98 Å². The SMILES string of the molecule is Cc1c(-c2ccc(F)cc2)nc(C(O)CN)c(F)c1C(C)(C)O. The Morgan fingerprint density at radius 1 is 1.22 bits per heavy atom. The largest absolute Gasteiger partial charge is 0.386 e. The van der Waals surface area contributed by atoms with Crippen molar-refractivity contribution in [1.29, 1.82) is 0 Å². The van der Waals surface area contributed by atoms with E-state index in [9.17, 15) is 19.0 Å². The van der Waals surface area contributed by atoms with E-state index >= 15 is 0 Å². The molecule has 4 nitrogen and oxygen atoms in total. The van der Waals surface area contributed by atoms with Gasteiger partial charge in [0.2, 0.25) is 0 Å². The highest BCUT2D eigenvalue weighted by atomic mass is 19.1. The van der Waals surface area contributed by atoms with Crippen molar-refractivity contribution in [3.63, 3.8) is 0 Å². The molecule has 23 heavy (non-hydrogen) atoms. The Bertz CT molecular complexity index is 710. The van der Waals surface area contributed by atoms with E-state index in [2.05, 4.69) is 4.98 Å². The van der Waals surface area contributed by atoms with Gasteiger partial charge in [-0.2, -0.15) is 0 Å². The highest BCUT2D eigenvalue weighted by Crippen LogP contribution is 2.35. The summed E-state index contributed by atoms with van der Waals surface area (Å²) < 4.78 is 27.8. The molecule has 0 saturated heterocycles. The molecule has 124 valence electrons. The number of hydrogen-bond donors (Lipinski definition) is 3. The molecule has 1 unspecified atom stereocenters. The first-order chi connectivity index (χ1) is 10.7. The van der Waals surface area contributed by atoms with Crippen molar-refractivity contribution < 1.29 is 19.0 Å². The Morgan fingerprint density at radius 3 is 2.26 bits per heavy atom. The van der Waals surface area contributed by atoms with Gasteiger partial charge < -0.3 is 15.9 Å². The van der Waals surface area contributed by atoms with Crippen LogP contribution in [0.25, 0.3) is 11.3 Å². The van der Waals surface area contributed by atoms with Crippen LogP contribution in [0.1, 0.15) is 36.8 Å². The summed E-state index contributed by atoms with van der Waals surface area (Å²) in [5.41, 5.74) is 5.09. The number of aliphatic hydroxyl groups is 2. The van der Waals surface area contributed by atoms with Gasteiger partial charge in [0.15, 0.2) is 5.82 Å². The average Bonchev–Trinajstić information content (AvgIpc) is 2.46. The van der Waals surface area contributed by atoms with Crippen molar-refractivity contribution in [2.24, 2.45) is 5.73 Å². The molecule has 0 saturated carbocycles. The highest BCUT2D eigenvalue weighted by Gasteiger charge is 2.30. The molecule has 0 radical (unpaired) electrons. The maximum absolute atomic E-state index is 14.7. The van der Waals surface area contributed by atoms with Crippen LogP contribution in [0.4, 0.5) is 8.78 Å². The van der Waals surface area contributed by atoms with E-state index in [1.165, 1.54) is 38.1 Å². The summed E-state index contributed by atoms with van der Waals surface area (Å²) in [7, 11) is 0. The summed E-state index contributed by atoms with van der Waals surface area (Å²) in [6.07, 6.45) is -1.30. The van der Waals surface area contributed by atoms with Crippen LogP contribution in [-0.2, 0) is 5.60 Å². The summed E-state index contributed by atoms with van der Waals surface area (Å²) in [4.78, 5) is 4.18. The van der Waals surface area contributed by atoms with Gasteiger partial charge in [-0.05, 0) is 50.6 Å². The van der Waals surface area contributed by atoms with Crippen LogP contribution in [0, 0.1) is 18.6 Å². The molecule has 0 aliphatic rings. The number of aliphatic hydroxyl groups excluding tert-OH is 1. The third-order valence-corrected chi connectivity index (χ3v) is 3.68. The van der Waals surface area contributed by atoms with Crippen molar-refractivity contribution >= 4 is 0 Å². The number of pyridine rings is 1. The zero-order valence-corrected chi connectivity index (χ0v) is 13.3. The second-order valence-corrected chi connectivity index (χ2v) is 5.98. The normalized spacial score (nSPS) is 13.2. The molecule has 0 aliphatic carbocycles. The Balaban J connectivity index is 2.79. The molecule has 0 fully saturated rings. The predicted octanol–water partition coefficient (Wildman–Crippen LogP) is 2.55. The summed E-state index contributed by atoms with van der Waals surface area (Å²) in [6.45, 7) is 4.32. The number of aromatic nitrogens is 1. The highest BCUT2D eigenvalue weighted by molar-refractivity contribution is 5.65. The Morgan fingerprint density at radius 2 is 1.78 bits per heavy atom. The molecule has 2 rings (SSSR count). The minimum atomic E-state index is -1.48. The topological polar surface area (TPSA) is 79.4 Å². The quantitative estimate of drug-likeness (QED) is 0.808. The number of nitrogens with zero attached hydrogens (tertiary/aromatic N) is 1. The Kier molecular flexibility index (Phi) is 4.79. The molecule has 4 N–H and O–H groups in total. The van der Waals surface area contributed by atoms with Crippen LogP contribution in [0.5, 0.6) is 0 Å². The van der Waals surface area contributed by atoms with E-state index in [0.29, 0.717) is 16.8 Å². The van der Waals surface area contributed by atoms with E-state index < -0.39 is 23.3 Å². The summed E-state index contributed by atoms with van der Waals surface area (Å²) in [5, 5.41) is 20.2. The van der Waals surface area contributed by atoms with E-state index in [0.717, 1.165) is 0 Å². The van der Waals surface area contributed by atoms with E-state index in [1.807, 2.05) is 0 Å². The molecule has 1 aromatic carbocycles. The van der Waals surface area contributed by atoms with Crippen molar-refractivity contribution in [2.75, 3.05) is 6.54 Å². The third kappa shape index (κ3) is 3.39. The molecular weight excluding hydrogens is 302 g/mol. The van der Waals surface area contributed by atoms with Gasteiger partial charge in [0.25, 0.3) is 0 Å². The van der Waals surface area contributed by atoms with Crippen molar-refractivity contribution in [2.45, 2.75) is 32.5 Å². The van der Waals surface area contributed by atoms with Gasteiger partial charge in [-0.25, -0.2) is 13.8 Å². The zero-order valence-electron chi connectivity index (χ0n) is 13.3. The second-order valence-electron chi connectivity index (χ2n) is 5.98. The molecule has 6 heteroatoms. The summed E-state index contributed by atoms with van der Waals surface area (Å²) >= 11 is 0. The van der Waals surface area contributed by atoms with Crippen LogP contribution in [0.3, 0.4) is 0 Å². The maximum Gasteiger partial charge on any atom is 0.153 e. The van der Waals surface area contributed by atoms with Gasteiger partial charge in [-0.15, -0.1) is 0 Å². The lowest BCUT2D eigenvalue weighted by Gasteiger charge is -2.25. The van der Waals surface area contributed by atoms with E-state index in [4.69, 9.17) is 5.73 Å². The standard InChI is InChI=1S/C17H20F2N2O2/c1-9-13(17(2,3)23)14(19)16(12(22)8-20)21-15(9)10-4-6-11(18)7-5-10/h4-7,12,22-23H,8,20H2,1-3H3. The minimum Gasteiger partial charge on any atom is -0.386 e. The molecule has 0 aliphatic heterocycles. The molecule has 0 spiro atoms. The van der Waals surface area contributed by atoms with Crippen LogP contribution < -0.4 is 5.73 Å². The second kappa shape index (κ2) is 6.31. The molecule has 1 atom stereocenters. The monoisotopic (exact) mass is 322 g/mol. The lowest BCUT2D eigenvalue weighted by Crippen LogP contribution is -2.24. The molecule has 1 aromatic heterocycles. The third-order valence-electron chi connectivity index (χ3n) is 3.68. The lowest BCUT2D eigenvalue weighted by molar-refractivity contribution is 0.0725. The molecule has 2 aromatic rings. The van der Waals surface area contributed by atoms with E-state index in [-0.39, 0.29) is 17.8 Å². The van der Waals surface area contributed by atoms with Gasteiger partial charge in [0, 0.05) is 17.7 Å². The predicted molar refractivity (Wildman–Crippen MR) is 83.6 cm³/mol. The van der Waals surface area contributed by atoms with Crippen LogP contribution in [0.15, 0.2) is 24.3 Å². The van der Waals surface area contributed by atoms with Crippen LogP contribution in [-0.4, -0.2) is 21.7 Å². The maximum atomic E-state index is 14.7. The Hall–Kier alpha value is -1.89. The number of rotatable bonds is 4. The number of hydrogen-bond acceptors (Lipinski definition) is 4. The smallest absolute Gasteiger partial charge is 0.153 e. The van der Waals surface area contributed by atoms with Crippen molar-refractivity contribution in [3.8, 4) is 11.3 Å². The lowest BCUT2D eigenvalue weighted by atomic mass is 9.89. The van der Waals surface area contributed by atoms with Crippen LogP contribution in [0.2, 0.25) is 0 Å². The molecule has 1 heterocycles. The summed E-state index contributed by atoms with van der Waals surface area (Å²) in [5.74, 6) is -1.18. The fourth-order valence-electron chi connectivity index (χ4n) is 2.61.